The van der Waals surface area contributed by atoms with Gasteiger partial charge in [-0.2, -0.15) is 5.10 Å². The topological polar surface area (TPSA) is 47.4 Å². The van der Waals surface area contributed by atoms with E-state index >= 15 is 0 Å². The number of nitrogens with zero attached hydrogens (tertiary/aromatic N) is 3. The molecule has 0 spiro atoms. The number of hydrogen-bond acceptors (Lipinski definition) is 3. The van der Waals surface area contributed by atoms with Crippen LogP contribution in [0.3, 0.4) is 0 Å². The fourth-order valence-electron chi connectivity index (χ4n) is 3.29. The molecule has 3 unspecified atom stereocenters. The van der Waals surface area contributed by atoms with Crippen molar-refractivity contribution in [1.82, 2.24) is 14.7 Å². The van der Waals surface area contributed by atoms with Gasteiger partial charge in [0.25, 0.3) is 0 Å². The summed E-state index contributed by atoms with van der Waals surface area (Å²) in [7, 11) is 0. The maximum atomic E-state index is 12.2. The van der Waals surface area contributed by atoms with E-state index < -0.39 is 5.60 Å². The number of hydrogen-bond donors (Lipinski definition) is 0. The summed E-state index contributed by atoms with van der Waals surface area (Å²) in [6, 6.07) is 2.66. The Kier molecular flexibility index (Phi) is 3.31. The normalized spacial score (nSPS) is 29.0. The molecular formula is C14H20BrN3O2. The molecule has 6 heteroatoms. The van der Waals surface area contributed by atoms with E-state index in [9.17, 15) is 4.79 Å². The Morgan fingerprint density at radius 1 is 1.45 bits per heavy atom. The van der Waals surface area contributed by atoms with Crippen molar-refractivity contribution in [2.45, 2.75) is 51.3 Å². The number of amides is 1. The van der Waals surface area contributed by atoms with Gasteiger partial charge in [0.15, 0.2) is 0 Å². The number of halogens is 1. The smallest absolute Gasteiger partial charge is 0.410 e. The molecule has 2 heterocycles. The maximum Gasteiger partial charge on any atom is 0.410 e. The van der Waals surface area contributed by atoms with Gasteiger partial charge >= 0.3 is 6.09 Å². The Labute approximate surface area is 127 Å². The largest absolute Gasteiger partial charge is 0.444 e. The molecular weight excluding hydrogens is 322 g/mol. The highest BCUT2D eigenvalue weighted by Crippen LogP contribution is 2.45. The highest BCUT2D eigenvalue weighted by Gasteiger charge is 2.48. The van der Waals surface area contributed by atoms with Crippen molar-refractivity contribution in [3.05, 3.63) is 16.9 Å². The quantitative estimate of drug-likeness (QED) is 0.787. The minimum Gasteiger partial charge on any atom is -0.444 e. The molecule has 110 valence electrons. The minimum atomic E-state index is -0.425. The highest BCUT2D eigenvalue weighted by atomic mass is 79.9. The van der Waals surface area contributed by atoms with Crippen LogP contribution in [0.2, 0.25) is 0 Å². The number of carbonyl (C=O) groups is 1. The van der Waals surface area contributed by atoms with E-state index in [4.69, 9.17) is 4.74 Å². The van der Waals surface area contributed by atoms with Crippen LogP contribution in [-0.2, 0) is 4.74 Å². The van der Waals surface area contributed by atoms with Crippen LogP contribution in [0.1, 0.15) is 39.7 Å². The van der Waals surface area contributed by atoms with Crippen LogP contribution in [-0.4, -0.2) is 39.0 Å². The molecule has 20 heavy (non-hydrogen) atoms. The van der Waals surface area contributed by atoms with Crippen molar-refractivity contribution < 1.29 is 9.53 Å². The summed E-state index contributed by atoms with van der Waals surface area (Å²) in [5.41, 5.74) is -0.425. The molecule has 2 fully saturated rings. The molecule has 1 aromatic rings. The zero-order valence-electron chi connectivity index (χ0n) is 12.0. The van der Waals surface area contributed by atoms with E-state index in [1.807, 2.05) is 42.6 Å². The van der Waals surface area contributed by atoms with E-state index in [2.05, 4.69) is 21.0 Å². The minimum absolute atomic E-state index is 0.176. The third-order valence-electron chi connectivity index (χ3n) is 4.05. The number of likely N-dealkylation sites (tertiary alicyclic amines) is 1. The predicted molar refractivity (Wildman–Crippen MR) is 78.4 cm³/mol. The van der Waals surface area contributed by atoms with Crippen molar-refractivity contribution in [2.75, 3.05) is 6.54 Å². The van der Waals surface area contributed by atoms with Gasteiger partial charge in [0.1, 0.15) is 10.2 Å². The van der Waals surface area contributed by atoms with Crippen LogP contribution in [0, 0.1) is 5.92 Å². The van der Waals surface area contributed by atoms with Gasteiger partial charge in [-0.25, -0.2) is 4.79 Å². The van der Waals surface area contributed by atoms with Crippen molar-refractivity contribution >= 4 is 22.0 Å². The molecule has 1 aliphatic carbocycles. The lowest BCUT2D eigenvalue weighted by Crippen LogP contribution is -2.43. The number of ether oxygens (including phenoxy) is 1. The molecule has 5 nitrogen and oxygen atoms in total. The molecule has 2 aliphatic rings. The van der Waals surface area contributed by atoms with Crippen LogP contribution in [0.15, 0.2) is 16.9 Å². The summed E-state index contributed by atoms with van der Waals surface area (Å²) >= 11 is 3.38. The number of piperidine rings is 1. The lowest BCUT2D eigenvalue weighted by atomic mass is 10.0. The second kappa shape index (κ2) is 4.76. The highest BCUT2D eigenvalue weighted by molar-refractivity contribution is 9.10. The van der Waals surface area contributed by atoms with E-state index in [-0.39, 0.29) is 6.09 Å². The Bertz CT molecular complexity index is 523. The van der Waals surface area contributed by atoms with Gasteiger partial charge < -0.3 is 9.64 Å². The first-order valence-corrected chi connectivity index (χ1v) is 7.83. The van der Waals surface area contributed by atoms with E-state index in [0.29, 0.717) is 18.0 Å². The maximum absolute atomic E-state index is 12.2. The van der Waals surface area contributed by atoms with Gasteiger partial charge in [0.2, 0.25) is 0 Å². The summed E-state index contributed by atoms with van der Waals surface area (Å²) in [5.74, 6) is 0.485. The zero-order chi connectivity index (χ0) is 14.5. The number of aromatic nitrogens is 2. The summed E-state index contributed by atoms with van der Waals surface area (Å²) in [5, 5.41) is 4.44. The molecule has 1 saturated heterocycles. The Hall–Kier alpha value is -1.04. The lowest BCUT2D eigenvalue weighted by Gasteiger charge is -2.33. The van der Waals surface area contributed by atoms with E-state index in [0.717, 1.165) is 24.0 Å². The molecule has 1 aliphatic heterocycles. The Morgan fingerprint density at radius 2 is 2.20 bits per heavy atom. The van der Waals surface area contributed by atoms with E-state index in [1.54, 1.807) is 0 Å². The standard InChI is InChI=1S/C14H20BrN3O2/c1-14(2,3)20-13(19)17-8-9-6-10(17)7-11(9)18-5-4-12(15)16-18/h4-5,9-11H,6-8H2,1-3H3. The third kappa shape index (κ3) is 2.57. The summed E-state index contributed by atoms with van der Waals surface area (Å²) in [6.07, 6.45) is 3.86. The fourth-order valence-corrected chi connectivity index (χ4v) is 3.60. The average molecular weight is 342 g/mol. The molecule has 0 N–H and O–H groups in total. The molecule has 3 rings (SSSR count). The molecule has 1 saturated carbocycles. The second-order valence-corrected chi connectivity index (χ2v) is 7.52. The summed E-state index contributed by atoms with van der Waals surface area (Å²) in [4.78, 5) is 14.1. The molecule has 1 aromatic heterocycles. The molecule has 0 aromatic carbocycles. The molecule has 1 amide bonds. The van der Waals surface area contributed by atoms with Gasteiger partial charge in [0, 0.05) is 24.7 Å². The number of carbonyl (C=O) groups excluding carboxylic acids is 1. The van der Waals surface area contributed by atoms with Gasteiger partial charge in [0.05, 0.1) is 6.04 Å². The van der Waals surface area contributed by atoms with Gasteiger partial charge in [-0.1, -0.05) is 0 Å². The third-order valence-corrected chi connectivity index (χ3v) is 4.47. The molecule has 0 radical (unpaired) electrons. The first-order valence-electron chi connectivity index (χ1n) is 7.04. The van der Waals surface area contributed by atoms with Crippen molar-refractivity contribution in [3.8, 4) is 0 Å². The number of fused-ring (bicyclic) bond motifs is 2. The monoisotopic (exact) mass is 341 g/mol. The fraction of sp³-hybridized carbons (Fsp3) is 0.714. The lowest BCUT2D eigenvalue weighted by molar-refractivity contribution is 0.0162. The van der Waals surface area contributed by atoms with Crippen LogP contribution in [0.4, 0.5) is 4.79 Å². The van der Waals surface area contributed by atoms with Gasteiger partial charge in [-0.05, 0) is 55.6 Å². The Morgan fingerprint density at radius 3 is 2.70 bits per heavy atom. The van der Waals surface area contributed by atoms with Crippen molar-refractivity contribution in [2.24, 2.45) is 5.92 Å². The number of rotatable bonds is 1. The predicted octanol–water partition coefficient (Wildman–Crippen LogP) is 3.22. The average Bonchev–Trinajstić information content (AvgIpc) is 2.99. The Balaban J connectivity index is 1.66. The van der Waals surface area contributed by atoms with Crippen molar-refractivity contribution in [3.63, 3.8) is 0 Å². The SMILES string of the molecule is CC(C)(C)OC(=O)N1CC2CC1CC2n1ccc(Br)n1. The first-order chi connectivity index (χ1) is 9.33. The van der Waals surface area contributed by atoms with E-state index in [1.165, 1.54) is 0 Å². The second-order valence-electron chi connectivity index (χ2n) is 6.70. The molecule has 3 atom stereocenters. The van der Waals surface area contributed by atoms with Crippen LogP contribution in [0.25, 0.3) is 0 Å². The van der Waals surface area contributed by atoms with Gasteiger partial charge in [-0.15, -0.1) is 0 Å². The molecule has 2 bridgehead atoms. The first kappa shape index (κ1) is 13.9. The van der Waals surface area contributed by atoms with Crippen LogP contribution in [0.5, 0.6) is 0 Å². The van der Waals surface area contributed by atoms with Gasteiger partial charge in [-0.3, -0.25) is 4.68 Å². The summed E-state index contributed by atoms with van der Waals surface area (Å²) < 4.78 is 8.37. The summed E-state index contributed by atoms with van der Waals surface area (Å²) in [6.45, 7) is 6.50. The van der Waals surface area contributed by atoms with Crippen LogP contribution < -0.4 is 0 Å². The van der Waals surface area contributed by atoms with Crippen molar-refractivity contribution in [1.29, 1.82) is 0 Å². The van der Waals surface area contributed by atoms with Crippen LogP contribution >= 0.6 is 15.9 Å². The zero-order valence-corrected chi connectivity index (χ0v) is 13.6.